The molecule has 1 aliphatic heterocycles. The third kappa shape index (κ3) is 3.09. The Morgan fingerprint density at radius 3 is 3.09 bits per heavy atom. The number of aryl methyl sites for hydroxylation is 1. The first kappa shape index (κ1) is 14.5. The number of amides is 2. The molecule has 0 bridgehead atoms. The summed E-state index contributed by atoms with van der Waals surface area (Å²) in [5, 5.41) is 11.2. The molecule has 0 unspecified atom stereocenters. The third-order valence-electron chi connectivity index (χ3n) is 3.32. The fraction of sp³-hybridized carbons (Fsp3) is 0.267. The van der Waals surface area contributed by atoms with E-state index in [1.165, 1.54) is 11.3 Å². The Labute approximate surface area is 132 Å². The Morgan fingerprint density at radius 1 is 1.41 bits per heavy atom. The van der Waals surface area contributed by atoms with Crippen LogP contribution < -0.4 is 16.0 Å². The van der Waals surface area contributed by atoms with Crippen LogP contribution in [0.3, 0.4) is 0 Å². The number of carbonyl (C=O) groups excluding carboxylic acids is 2. The van der Waals surface area contributed by atoms with E-state index in [9.17, 15) is 9.59 Å². The number of fused-ring (bicyclic) bond motifs is 1. The number of aromatic nitrogens is 1. The summed E-state index contributed by atoms with van der Waals surface area (Å²) >= 11 is 1.41. The molecule has 2 amide bonds. The van der Waals surface area contributed by atoms with Gasteiger partial charge < -0.3 is 16.0 Å². The normalized spacial score (nSPS) is 13.2. The van der Waals surface area contributed by atoms with Crippen molar-refractivity contribution in [1.82, 2.24) is 4.98 Å². The molecule has 0 saturated heterocycles. The number of nitrogens with one attached hydrogen (secondary N) is 3. The molecule has 2 heterocycles. The maximum Gasteiger partial charge on any atom is 0.275 e. The zero-order valence-electron chi connectivity index (χ0n) is 12.1. The lowest BCUT2D eigenvalue weighted by Gasteiger charge is -2.17. The zero-order chi connectivity index (χ0) is 15.5. The van der Waals surface area contributed by atoms with Crippen molar-refractivity contribution < 1.29 is 9.59 Å². The van der Waals surface area contributed by atoms with Gasteiger partial charge in [-0.15, -0.1) is 11.3 Å². The number of benzene rings is 1. The number of thiazole rings is 1. The SMILES string of the molecule is CCNc1nc(C(=O)Nc2ccc3c(c2)CCC(=O)N3)cs1. The lowest BCUT2D eigenvalue weighted by molar-refractivity contribution is -0.116. The van der Waals surface area contributed by atoms with Crippen molar-refractivity contribution in [3.63, 3.8) is 0 Å². The molecule has 22 heavy (non-hydrogen) atoms. The summed E-state index contributed by atoms with van der Waals surface area (Å²) in [6, 6.07) is 5.48. The quantitative estimate of drug-likeness (QED) is 0.810. The van der Waals surface area contributed by atoms with Crippen LogP contribution in [0.1, 0.15) is 29.4 Å². The van der Waals surface area contributed by atoms with Gasteiger partial charge in [0.15, 0.2) is 5.13 Å². The average Bonchev–Trinajstić information content (AvgIpc) is 2.96. The van der Waals surface area contributed by atoms with Crippen molar-refractivity contribution in [3.05, 3.63) is 34.8 Å². The molecule has 7 heteroatoms. The minimum Gasteiger partial charge on any atom is -0.362 e. The Balaban J connectivity index is 1.72. The molecule has 0 aliphatic carbocycles. The molecule has 114 valence electrons. The standard InChI is InChI=1S/C15H16N4O2S/c1-2-16-15-19-12(8-22-15)14(21)17-10-4-5-11-9(7-10)3-6-13(20)18-11/h4-5,7-8H,2-3,6H2,1H3,(H,16,19)(H,17,21)(H,18,20). The van der Waals surface area contributed by atoms with Gasteiger partial charge in [0.25, 0.3) is 5.91 Å². The Hall–Kier alpha value is -2.41. The topological polar surface area (TPSA) is 83.1 Å². The summed E-state index contributed by atoms with van der Waals surface area (Å²) in [5.74, 6) is -0.206. The second-order valence-corrected chi connectivity index (χ2v) is 5.80. The van der Waals surface area contributed by atoms with Crippen molar-refractivity contribution in [1.29, 1.82) is 0 Å². The lowest BCUT2D eigenvalue weighted by Crippen LogP contribution is -2.19. The van der Waals surface area contributed by atoms with E-state index in [1.54, 1.807) is 11.4 Å². The van der Waals surface area contributed by atoms with E-state index >= 15 is 0 Å². The van der Waals surface area contributed by atoms with Gasteiger partial charge in [0.1, 0.15) is 5.69 Å². The van der Waals surface area contributed by atoms with Gasteiger partial charge in [0, 0.05) is 29.7 Å². The highest BCUT2D eigenvalue weighted by Crippen LogP contribution is 2.26. The zero-order valence-corrected chi connectivity index (χ0v) is 12.9. The lowest BCUT2D eigenvalue weighted by atomic mass is 10.0. The maximum atomic E-state index is 12.2. The molecular weight excluding hydrogens is 300 g/mol. The van der Waals surface area contributed by atoms with Gasteiger partial charge >= 0.3 is 0 Å². The summed E-state index contributed by atoms with van der Waals surface area (Å²) < 4.78 is 0. The maximum absolute atomic E-state index is 12.2. The van der Waals surface area contributed by atoms with E-state index in [0.29, 0.717) is 24.2 Å². The first-order valence-electron chi connectivity index (χ1n) is 7.09. The van der Waals surface area contributed by atoms with Crippen LogP contribution in [-0.4, -0.2) is 23.3 Å². The van der Waals surface area contributed by atoms with Crippen molar-refractivity contribution in [2.24, 2.45) is 0 Å². The second-order valence-electron chi connectivity index (χ2n) is 4.94. The van der Waals surface area contributed by atoms with Gasteiger partial charge in [0.05, 0.1) is 0 Å². The Morgan fingerprint density at radius 2 is 2.27 bits per heavy atom. The van der Waals surface area contributed by atoms with E-state index in [4.69, 9.17) is 0 Å². The molecule has 1 aromatic heterocycles. The molecule has 0 atom stereocenters. The summed E-state index contributed by atoms with van der Waals surface area (Å²) in [4.78, 5) is 27.8. The average molecular weight is 316 g/mol. The van der Waals surface area contributed by atoms with Gasteiger partial charge in [-0.3, -0.25) is 9.59 Å². The first-order chi connectivity index (χ1) is 10.7. The van der Waals surface area contributed by atoms with Crippen molar-refractivity contribution in [2.75, 3.05) is 22.5 Å². The van der Waals surface area contributed by atoms with Crippen molar-refractivity contribution in [2.45, 2.75) is 19.8 Å². The van der Waals surface area contributed by atoms with Crippen LogP contribution >= 0.6 is 11.3 Å². The van der Waals surface area contributed by atoms with Crippen LogP contribution in [0.2, 0.25) is 0 Å². The predicted molar refractivity (Wildman–Crippen MR) is 87.6 cm³/mol. The van der Waals surface area contributed by atoms with Crippen LogP contribution in [0.5, 0.6) is 0 Å². The smallest absolute Gasteiger partial charge is 0.275 e. The van der Waals surface area contributed by atoms with E-state index in [1.807, 2.05) is 19.1 Å². The highest BCUT2D eigenvalue weighted by molar-refractivity contribution is 7.13. The largest absolute Gasteiger partial charge is 0.362 e. The summed E-state index contributed by atoms with van der Waals surface area (Å²) in [7, 11) is 0. The van der Waals surface area contributed by atoms with Crippen LogP contribution in [0.25, 0.3) is 0 Å². The van der Waals surface area contributed by atoms with Crippen LogP contribution in [-0.2, 0) is 11.2 Å². The van der Waals surface area contributed by atoms with Crippen molar-refractivity contribution in [3.8, 4) is 0 Å². The minimum absolute atomic E-state index is 0.0303. The number of anilines is 3. The molecule has 1 aromatic carbocycles. The van der Waals surface area contributed by atoms with Crippen LogP contribution in [0, 0.1) is 0 Å². The Bertz CT molecular complexity index is 726. The minimum atomic E-state index is -0.236. The third-order valence-corrected chi connectivity index (χ3v) is 4.12. The fourth-order valence-electron chi connectivity index (χ4n) is 2.27. The van der Waals surface area contributed by atoms with Gasteiger partial charge in [-0.05, 0) is 37.1 Å². The van der Waals surface area contributed by atoms with Gasteiger partial charge in [-0.25, -0.2) is 4.98 Å². The van der Waals surface area contributed by atoms with E-state index in [2.05, 4.69) is 20.9 Å². The van der Waals surface area contributed by atoms with E-state index < -0.39 is 0 Å². The van der Waals surface area contributed by atoms with Crippen molar-refractivity contribution >= 4 is 39.7 Å². The fourth-order valence-corrected chi connectivity index (χ4v) is 3.03. The number of hydrogen-bond donors (Lipinski definition) is 3. The molecule has 2 aromatic rings. The number of rotatable bonds is 4. The van der Waals surface area contributed by atoms with Gasteiger partial charge in [-0.1, -0.05) is 0 Å². The van der Waals surface area contributed by atoms with Gasteiger partial charge in [-0.2, -0.15) is 0 Å². The Kier molecular flexibility index (Phi) is 4.06. The molecule has 0 fully saturated rings. The monoisotopic (exact) mass is 316 g/mol. The molecule has 0 saturated carbocycles. The summed E-state index contributed by atoms with van der Waals surface area (Å²) in [5.41, 5.74) is 2.95. The number of nitrogens with zero attached hydrogens (tertiary/aromatic N) is 1. The highest BCUT2D eigenvalue weighted by Gasteiger charge is 2.16. The second kappa shape index (κ2) is 6.15. The molecule has 6 nitrogen and oxygen atoms in total. The molecule has 3 rings (SSSR count). The van der Waals surface area contributed by atoms with E-state index in [0.717, 1.165) is 22.9 Å². The molecule has 0 radical (unpaired) electrons. The van der Waals surface area contributed by atoms with Gasteiger partial charge in [0.2, 0.25) is 5.91 Å². The first-order valence-corrected chi connectivity index (χ1v) is 7.97. The number of carbonyl (C=O) groups is 2. The molecule has 0 spiro atoms. The number of hydrogen-bond acceptors (Lipinski definition) is 5. The van der Waals surface area contributed by atoms with Crippen LogP contribution in [0.4, 0.5) is 16.5 Å². The summed E-state index contributed by atoms with van der Waals surface area (Å²) in [6.45, 7) is 2.75. The van der Waals surface area contributed by atoms with Crippen LogP contribution in [0.15, 0.2) is 23.6 Å². The molecule has 3 N–H and O–H groups in total. The molecular formula is C15H16N4O2S. The summed E-state index contributed by atoms with van der Waals surface area (Å²) in [6.07, 6.45) is 1.16. The predicted octanol–water partition coefficient (Wildman–Crippen LogP) is 2.71. The van der Waals surface area contributed by atoms with E-state index in [-0.39, 0.29) is 11.8 Å². The highest BCUT2D eigenvalue weighted by atomic mass is 32.1. The molecule has 1 aliphatic rings.